The Labute approximate surface area is 240 Å². The number of nitrogens with two attached hydrogens (primary N) is 1. The zero-order valence-corrected chi connectivity index (χ0v) is 24.6. The molecule has 1 fully saturated rings. The summed E-state index contributed by atoms with van der Waals surface area (Å²) in [5.74, 6) is -1.30. The molecule has 228 valence electrons. The van der Waals surface area contributed by atoms with Crippen molar-refractivity contribution < 1.29 is 20.1 Å². The van der Waals surface area contributed by atoms with Gasteiger partial charge in [0, 0.05) is 0 Å². The van der Waals surface area contributed by atoms with Crippen molar-refractivity contribution in [2.24, 2.45) is 0 Å². The van der Waals surface area contributed by atoms with E-state index in [9.17, 15) is 15.3 Å². The number of aromatic nitrogens is 4. The first-order chi connectivity index (χ1) is 19.5. The largest absolute Gasteiger partial charge is 0.394 e. The number of anilines is 1. The molecule has 0 saturated carbocycles. The SMILES string of the molecule is CCCCCCCCCCCCCCCCCCCCN[C@@]1(n2cnc3c(N)ncnc32)O[C@H](CO)[C@@H](O)[C@H]1O. The van der Waals surface area contributed by atoms with E-state index >= 15 is 0 Å². The Hall–Kier alpha value is -1.85. The van der Waals surface area contributed by atoms with Crippen LogP contribution in [0.4, 0.5) is 5.82 Å². The van der Waals surface area contributed by atoms with Gasteiger partial charge in [0.05, 0.1) is 6.61 Å². The number of hydrogen-bond donors (Lipinski definition) is 5. The first-order valence-corrected chi connectivity index (χ1v) is 15.9. The highest BCUT2D eigenvalue weighted by atomic mass is 16.6. The highest BCUT2D eigenvalue weighted by Gasteiger charge is 2.56. The number of ether oxygens (including phenoxy) is 1. The van der Waals surface area contributed by atoms with Crippen LogP contribution in [0.1, 0.15) is 122 Å². The number of imidazole rings is 1. The number of aliphatic hydroxyl groups is 3. The van der Waals surface area contributed by atoms with E-state index < -0.39 is 30.8 Å². The van der Waals surface area contributed by atoms with Crippen LogP contribution >= 0.6 is 0 Å². The molecule has 3 rings (SSSR count). The maximum Gasteiger partial charge on any atom is 0.234 e. The zero-order valence-electron chi connectivity index (χ0n) is 24.6. The first kappa shape index (κ1) is 32.7. The third-order valence-electron chi connectivity index (χ3n) is 8.24. The van der Waals surface area contributed by atoms with E-state index in [4.69, 9.17) is 10.5 Å². The van der Waals surface area contributed by atoms with E-state index in [0.717, 1.165) is 19.3 Å². The molecule has 4 atom stereocenters. The van der Waals surface area contributed by atoms with Crippen molar-refractivity contribution in [3.8, 4) is 0 Å². The van der Waals surface area contributed by atoms with E-state index in [1.54, 1.807) is 4.57 Å². The summed E-state index contributed by atoms with van der Waals surface area (Å²) >= 11 is 0. The van der Waals surface area contributed by atoms with E-state index in [0.29, 0.717) is 17.7 Å². The fraction of sp³-hybridized carbons (Fsp3) is 0.833. The number of hydrogen-bond acceptors (Lipinski definition) is 9. The molecule has 3 heterocycles. The molecule has 1 aliphatic rings. The van der Waals surface area contributed by atoms with Crippen LogP contribution in [0.2, 0.25) is 0 Å². The number of unbranched alkanes of at least 4 members (excludes halogenated alkanes) is 17. The van der Waals surface area contributed by atoms with Gasteiger partial charge in [-0.15, -0.1) is 0 Å². The van der Waals surface area contributed by atoms with Crippen LogP contribution in [0.3, 0.4) is 0 Å². The summed E-state index contributed by atoms with van der Waals surface area (Å²) in [7, 11) is 0. The number of fused-ring (bicyclic) bond motifs is 1. The van der Waals surface area contributed by atoms with Crippen LogP contribution in [0, 0.1) is 0 Å². The summed E-state index contributed by atoms with van der Waals surface area (Å²) in [6, 6.07) is 0. The Morgan fingerprint density at radius 1 is 0.825 bits per heavy atom. The summed E-state index contributed by atoms with van der Waals surface area (Å²) in [5, 5.41) is 34.5. The van der Waals surface area contributed by atoms with Gasteiger partial charge in [-0.3, -0.25) is 9.88 Å². The fourth-order valence-corrected chi connectivity index (χ4v) is 5.77. The normalized spacial score (nSPS) is 22.9. The molecule has 10 heteroatoms. The number of rotatable bonds is 22. The number of nitrogen functional groups attached to an aromatic ring is 1. The van der Waals surface area contributed by atoms with E-state index in [1.807, 2.05) is 0 Å². The van der Waals surface area contributed by atoms with Gasteiger partial charge in [0.25, 0.3) is 0 Å². The van der Waals surface area contributed by atoms with Crippen LogP contribution in [-0.4, -0.2) is 66.3 Å². The van der Waals surface area contributed by atoms with Gasteiger partial charge in [-0.05, 0) is 13.0 Å². The fourth-order valence-electron chi connectivity index (χ4n) is 5.77. The summed E-state index contributed by atoms with van der Waals surface area (Å²) in [6.45, 7) is 2.41. The summed E-state index contributed by atoms with van der Waals surface area (Å²) in [6.07, 6.45) is 22.9. The Kier molecular flexibility index (Phi) is 14.6. The van der Waals surface area contributed by atoms with Crippen LogP contribution in [0.25, 0.3) is 11.2 Å². The highest BCUT2D eigenvalue weighted by molar-refractivity contribution is 5.81. The molecule has 0 unspecified atom stereocenters. The average molecular weight is 563 g/mol. The summed E-state index contributed by atoms with van der Waals surface area (Å²) in [5.41, 5.74) is 6.70. The van der Waals surface area contributed by atoms with Crippen LogP contribution < -0.4 is 11.1 Å². The van der Waals surface area contributed by atoms with E-state index in [-0.39, 0.29) is 5.82 Å². The van der Waals surface area contributed by atoms with Gasteiger partial charge in [0.2, 0.25) is 5.85 Å². The van der Waals surface area contributed by atoms with Gasteiger partial charge >= 0.3 is 0 Å². The lowest BCUT2D eigenvalue weighted by molar-refractivity contribution is -0.168. The monoisotopic (exact) mass is 562 g/mol. The molecule has 0 aromatic carbocycles. The van der Waals surface area contributed by atoms with Crippen molar-refractivity contribution >= 4 is 17.0 Å². The van der Waals surface area contributed by atoms with Gasteiger partial charge in [-0.1, -0.05) is 116 Å². The molecule has 1 saturated heterocycles. The van der Waals surface area contributed by atoms with E-state index in [2.05, 4.69) is 27.2 Å². The minimum absolute atomic E-state index is 0.217. The van der Waals surface area contributed by atoms with Crippen LogP contribution in [0.15, 0.2) is 12.7 Å². The molecule has 40 heavy (non-hydrogen) atoms. The molecular formula is C30H54N6O4. The average Bonchev–Trinajstić information content (AvgIpc) is 3.51. The molecule has 0 bridgehead atoms. The van der Waals surface area contributed by atoms with Gasteiger partial charge < -0.3 is 25.8 Å². The molecular weight excluding hydrogens is 508 g/mol. The number of nitrogens with one attached hydrogen (secondary N) is 1. The Balaban J connectivity index is 1.28. The molecule has 1 aliphatic heterocycles. The molecule has 0 radical (unpaired) electrons. The third kappa shape index (κ3) is 9.08. The van der Waals surface area contributed by atoms with E-state index in [1.165, 1.54) is 109 Å². The lowest BCUT2D eigenvalue weighted by Gasteiger charge is -2.34. The molecule has 0 aliphatic carbocycles. The second kappa shape index (κ2) is 17.9. The molecule has 0 spiro atoms. The maximum absolute atomic E-state index is 11.0. The van der Waals surface area contributed by atoms with Crippen molar-refractivity contribution in [1.29, 1.82) is 0 Å². The van der Waals surface area contributed by atoms with Crippen molar-refractivity contribution in [2.45, 2.75) is 147 Å². The minimum Gasteiger partial charge on any atom is -0.394 e. The predicted octanol–water partition coefficient (Wildman–Crippen LogP) is 4.76. The molecule has 10 nitrogen and oxygen atoms in total. The lowest BCUT2D eigenvalue weighted by Crippen LogP contribution is -2.56. The van der Waals surface area contributed by atoms with Gasteiger partial charge in [0.15, 0.2) is 11.5 Å². The Morgan fingerprint density at radius 3 is 1.85 bits per heavy atom. The quantitative estimate of drug-likeness (QED) is 0.128. The number of nitrogens with zero attached hydrogens (tertiary/aromatic N) is 4. The standard InChI is InChI=1S/C30H54N6O4/c1-2-3-4-5-6-7-8-9-10-11-12-13-14-15-16-17-18-19-20-35-30(27(39)26(38)24(21-37)40-30)36-23-34-25-28(31)32-22-33-29(25)36/h22-24,26-27,35,37-39H,2-21H2,1H3,(H2,31,32,33)/t24-,26-,27-,30+/m1/s1. The van der Waals surface area contributed by atoms with Crippen molar-refractivity contribution in [3.63, 3.8) is 0 Å². The molecule has 6 N–H and O–H groups in total. The van der Waals surface area contributed by atoms with Crippen molar-refractivity contribution in [3.05, 3.63) is 12.7 Å². The van der Waals surface area contributed by atoms with Gasteiger partial charge in [-0.25, -0.2) is 15.0 Å². The second-order valence-electron chi connectivity index (χ2n) is 11.5. The summed E-state index contributed by atoms with van der Waals surface area (Å²) in [4.78, 5) is 12.5. The van der Waals surface area contributed by atoms with Crippen molar-refractivity contribution in [2.75, 3.05) is 18.9 Å². The second-order valence-corrected chi connectivity index (χ2v) is 11.5. The van der Waals surface area contributed by atoms with Crippen molar-refractivity contribution in [1.82, 2.24) is 24.8 Å². The lowest BCUT2D eigenvalue weighted by atomic mass is 10.0. The predicted molar refractivity (Wildman–Crippen MR) is 158 cm³/mol. The minimum atomic E-state index is -1.52. The first-order valence-electron chi connectivity index (χ1n) is 15.9. The third-order valence-corrected chi connectivity index (χ3v) is 8.24. The highest BCUT2D eigenvalue weighted by Crippen LogP contribution is 2.35. The molecule has 2 aromatic heterocycles. The van der Waals surface area contributed by atoms with Crippen LogP contribution in [-0.2, 0) is 10.6 Å². The maximum atomic E-state index is 11.0. The van der Waals surface area contributed by atoms with Gasteiger partial charge in [0.1, 0.15) is 36.5 Å². The van der Waals surface area contributed by atoms with Gasteiger partial charge in [-0.2, -0.15) is 0 Å². The van der Waals surface area contributed by atoms with Crippen LogP contribution in [0.5, 0.6) is 0 Å². The summed E-state index contributed by atoms with van der Waals surface area (Å²) < 4.78 is 7.55. The number of aliphatic hydroxyl groups excluding tert-OH is 3. The Bertz CT molecular complexity index is 959. The topological polar surface area (TPSA) is 152 Å². The Morgan fingerprint density at radius 2 is 1.35 bits per heavy atom. The smallest absolute Gasteiger partial charge is 0.234 e. The molecule has 0 amide bonds. The molecule has 2 aromatic rings. The zero-order chi connectivity index (χ0) is 28.6.